The van der Waals surface area contributed by atoms with Crippen molar-refractivity contribution in [2.75, 3.05) is 19.8 Å². The highest BCUT2D eigenvalue weighted by molar-refractivity contribution is 5.93. The molecule has 31 heavy (non-hydrogen) atoms. The van der Waals surface area contributed by atoms with Gasteiger partial charge in [-0.3, -0.25) is 9.59 Å². The van der Waals surface area contributed by atoms with E-state index >= 15 is 0 Å². The Hall–Kier alpha value is -1.54. The first-order chi connectivity index (χ1) is 14.4. The minimum absolute atomic E-state index is 0.209. The molecule has 3 fully saturated rings. The molecule has 0 spiro atoms. The second-order valence-electron chi connectivity index (χ2n) is 10.6. The molecule has 0 amide bonds. The minimum Gasteiger partial charge on any atom is -0.461 e. The SMILES string of the molecule is CC(=O)O[C@H]1C2CC(C)(C)/C(=C\CC3(C)OCCO3)[C@@]2(O)[C@@H]2[C@H](CO)C(=O)C=C[C@]21C. The number of hydrogen-bond donors (Lipinski definition) is 2. The molecule has 0 radical (unpaired) electrons. The van der Waals surface area contributed by atoms with Crippen LogP contribution < -0.4 is 0 Å². The molecule has 2 saturated carbocycles. The van der Waals surface area contributed by atoms with E-state index < -0.39 is 52.0 Å². The van der Waals surface area contributed by atoms with Crippen molar-refractivity contribution in [1.82, 2.24) is 0 Å². The van der Waals surface area contributed by atoms with Gasteiger partial charge in [0.15, 0.2) is 11.6 Å². The van der Waals surface area contributed by atoms with Gasteiger partial charge in [-0.25, -0.2) is 0 Å². The van der Waals surface area contributed by atoms with Crippen LogP contribution in [0.5, 0.6) is 0 Å². The number of rotatable bonds is 4. The maximum absolute atomic E-state index is 12.7. The standard InChI is InChI=1S/C24H34O7/c1-14(26)31-20-16-12-21(2,3)18(7-9-23(5)29-10-11-30-23)24(16,28)19-15(13-25)17(27)6-8-22(19,20)4/h6-8,15-16,19-20,25,28H,9-13H2,1-5H3/b18-7+/t15-,16?,19-,20+,22-,24-/m1/s1. The van der Waals surface area contributed by atoms with Crippen LogP contribution in [0.15, 0.2) is 23.8 Å². The summed E-state index contributed by atoms with van der Waals surface area (Å²) in [7, 11) is 0. The predicted molar refractivity (Wildman–Crippen MR) is 112 cm³/mol. The molecule has 6 atom stereocenters. The van der Waals surface area contributed by atoms with Gasteiger partial charge in [0.1, 0.15) is 6.10 Å². The molecule has 1 unspecified atom stereocenters. The summed E-state index contributed by atoms with van der Waals surface area (Å²) < 4.78 is 17.3. The predicted octanol–water partition coefficient (Wildman–Crippen LogP) is 2.16. The Morgan fingerprint density at radius 1 is 1.26 bits per heavy atom. The van der Waals surface area contributed by atoms with E-state index in [1.807, 2.05) is 19.9 Å². The molecule has 0 aromatic carbocycles. The van der Waals surface area contributed by atoms with Gasteiger partial charge >= 0.3 is 5.97 Å². The second-order valence-corrected chi connectivity index (χ2v) is 10.6. The lowest BCUT2D eigenvalue weighted by Gasteiger charge is -2.45. The highest BCUT2D eigenvalue weighted by Crippen LogP contribution is 2.69. The number of allylic oxidation sites excluding steroid dienone is 1. The summed E-state index contributed by atoms with van der Waals surface area (Å²) in [6.45, 7) is 9.96. The summed E-state index contributed by atoms with van der Waals surface area (Å²) in [5.41, 5.74) is -1.76. The smallest absolute Gasteiger partial charge is 0.302 e. The van der Waals surface area contributed by atoms with Crippen molar-refractivity contribution in [1.29, 1.82) is 0 Å². The van der Waals surface area contributed by atoms with Crippen LogP contribution in [0.1, 0.15) is 47.5 Å². The Balaban J connectivity index is 1.85. The molecule has 1 aliphatic heterocycles. The minimum atomic E-state index is -1.40. The molecular weight excluding hydrogens is 400 g/mol. The van der Waals surface area contributed by atoms with Crippen molar-refractivity contribution in [3.8, 4) is 0 Å². The molecule has 0 bridgehead atoms. The lowest BCUT2D eigenvalue weighted by atomic mass is 9.61. The lowest BCUT2D eigenvalue weighted by molar-refractivity contribution is -0.154. The number of ether oxygens (including phenoxy) is 3. The van der Waals surface area contributed by atoms with Gasteiger partial charge in [0.25, 0.3) is 0 Å². The van der Waals surface area contributed by atoms with Gasteiger partial charge in [0.05, 0.1) is 31.3 Å². The normalized spacial score (nSPS) is 43.8. The Labute approximate surface area is 183 Å². The Bertz CT molecular complexity index is 837. The lowest BCUT2D eigenvalue weighted by Crippen LogP contribution is -2.51. The zero-order valence-electron chi connectivity index (χ0n) is 19.0. The third kappa shape index (κ3) is 3.24. The van der Waals surface area contributed by atoms with Crippen molar-refractivity contribution in [3.05, 3.63) is 23.8 Å². The molecule has 4 rings (SSSR count). The molecule has 4 aliphatic rings. The number of esters is 1. The van der Waals surface area contributed by atoms with E-state index in [4.69, 9.17) is 14.2 Å². The number of hydrogen-bond acceptors (Lipinski definition) is 7. The molecule has 0 aromatic heterocycles. The van der Waals surface area contributed by atoms with Gasteiger partial charge in [-0.2, -0.15) is 0 Å². The maximum atomic E-state index is 12.7. The zero-order valence-corrected chi connectivity index (χ0v) is 19.0. The van der Waals surface area contributed by atoms with E-state index in [-0.39, 0.29) is 12.4 Å². The van der Waals surface area contributed by atoms with Crippen LogP contribution in [-0.2, 0) is 23.8 Å². The third-order valence-corrected chi connectivity index (χ3v) is 8.02. The van der Waals surface area contributed by atoms with Crippen LogP contribution in [-0.4, -0.2) is 59.3 Å². The molecule has 3 aliphatic carbocycles. The first kappa shape index (κ1) is 22.6. The van der Waals surface area contributed by atoms with E-state index in [0.717, 1.165) is 5.57 Å². The summed E-state index contributed by atoms with van der Waals surface area (Å²) in [6, 6.07) is 0. The van der Waals surface area contributed by atoms with Crippen LogP contribution in [0, 0.1) is 28.6 Å². The monoisotopic (exact) mass is 434 g/mol. The average molecular weight is 435 g/mol. The third-order valence-electron chi connectivity index (χ3n) is 8.02. The van der Waals surface area contributed by atoms with Gasteiger partial charge in [-0.05, 0) is 30.4 Å². The largest absolute Gasteiger partial charge is 0.461 e. The zero-order chi connectivity index (χ0) is 22.8. The Morgan fingerprint density at radius 3 is 2.48 bits per heavy atom. The first-order valence-electron chi connectivity index (χ1n) is 11.1. The van der Waals surface area contributed by atoms with Crippen molar-refractivity contribution in [3.63, 3.8) is 0 Å². The van der Waals surface area contributed by atoms with E-state index in [1.54, 1.807) is 6.08 Å². The van der Waals surface area contributed by atoms with E-state index in [9.17, 15) is 19.8 Å². The molecule has 1 saturated heterocycles. The van der Waals surface area contributed by atoms with Crippen molar-refractivity contribution < 1.29 is 34.0 Å². The molecule has 172 valence electrons. The second kappa shape index (κ2) is 7.24. The molecule has 7 heteroatoms. The fraction of sp³-hybridized carbons (Fsp3) is 0.750. The average Bonchev–Trinajstić information content (AvgIpc) is 3.24. The van der Waals surface area contributed by atoms with Crippen LogP contribution in [0.4, 0.5) is 0 Å². The molecule has 7 nitrogen and oxygen atoms in total. The number of carbonyl (C=O) groups excluding carboxylic acids is 2. The molecular formula is C24H34O7. The Kier molecular flexibility index (Phi) is 5.29. The van der Waals surface area contributed by atoms with E-state index in [2.05, 4.69) is 13.8 Å². The van der Waals surface area contributed by atoms with Gasteiger partial charge in [-0.1, -0.05) is 32.9 Å². The first-order valence-corrected chi connectivity index (χ1v) is 11.1. The van der Waals surface area contributed by atoms with Crippen LogP contribution >= 0.6 is 0 Å². The fourth-order valence-corrected chi connectivity index (χ4v) is 6.85. The van der Waals surface area contributed by atoms with Crippen LogP contribution in [0.3, 0.4) is 0 Å². The Morgan fingerprint density at radius 2 is 1.90 bits per heavy atom. The number of aliphatic hydroxyl groups excluding tert-OH is 1. The summed E-state index contributed by atoms with van der Waals surface area (Å²) in [4.78, 5) is 24.7. The fourth-order valence-electron chi connectivity index (χ4n) is 6.85. The van der Waals surface area contributed by atoms with E-state index in [0.29, 0.717) is 26.1 Å². The number of aliphatic hydroxyl groups is 2. The highest BCUT2D eigenvalue weighted by atomic mass is 16.7. The van der Waals surface area contributed by atoms with Gasteiger partial charge in [0, 0.05) is 30.6 Å². The summed E-state index contributed by atoms with van der Waals surface area (Å²) in [6.07, 6.45) is 5.67. The highest BCUT2D eigenvalue weighted by Gasteiger charge is 2.74. The van der Waals surface area contributed by atoms with Crippen LogP contribution in [0.25, 0.3) is 0 Å². The van der Waals surface area contributed by atoms with Crippen molar-refractivity contribution in [2.24, 2.45) is 28.6 Å². The summed E-state index contributed by atoms with van der Waals surface area (Å²) in [5.74, 6) is -3.16. The van der Waals surface area contributed by atoms with Gasteiger partial charge < -0.3 is 24.4 Å². The van der Waals surface area contributed by atoms with Crippen molar-refractivity contribution in [2.45, 2.75) is 65.0 Å². The van der Waals surface area contributed by atoms with Crippen LogP contribution in [0.2, 0.25) is 0 Å². The summed E-state index contributed by atoms with van der Waals surface area (Å²) >= 11 is 0. The van der Waals surface area contributed by atoms with Crippen molar-refractivity contribution >= 4 is 11.8 Å². The maximum Gasteiger partial charge on any atom is 0.302 e. The number of carbonyl (C=O) groups is 2. The molecule has 2 N–H and O–H groups in total. The van der Waals surface area contributed by atoms with Gasteiger partial charge in [-0.15, -0.1) is 0 Å². The number of fused-ring (bicyclic) bond motifs is 3. The summed E-state index contributed by atoms with van der Waals surface area (Å²) in [5, 5.41) is 22.6. The topological polar surface area (TPSA) is 102 Å². The van der Waals surface area contributed by atoms with E-state index in [1.165, 1.54) is 13.0 Å². The molecule has 0 aromatic rings. The molecule has 1 heterocycles. The quantitative estimate of drug-likeness (QED) is 0.516. The number of ketones is 1. The van der Waals surface area contributed by atoms with Gasteiger partial charge in [0.2, 0.25) is 0 Å².